The molecule has 11 heteroatoms. The van der Waals surface area contributed by atoms with Crippen LogP contribution in [0, 0.1) is 19.8 Å². The Morgan fingerprint density at radius 2 is 2.20 bits per heavy atom. The number of rotatable bonds is 5. The smallest absolute Gasteiger partial charge is 0.244 e. The highest BCUT2D eigenvalue weighted by Gasteiger charge is 2.35. The van der Waals surface area contributed by atoms with Gasteiger partial charge in [0.05, 0.1) is 27.6 Å². The van der Waals surface area contributed by atoms with Gasteiger partial charge in [-0.3, -0.25) is 9.78 Å². The zero-order valence-electron chi connectivity index (χ0n) is 16.5. The van der Waals surface area contributed by atoms with E-state index in [2.05, 4.69) is 20.4 Å². The van der Waals surface area contributed by atoms with Crippen LogP contribution in [0.3, 0.4) is 0 Å². The Hall–Kier alpha value is -2.63. The lowest BCUT2D eigenvalue weighted by atomic mass is 9.99. The van der Waals surface area contributed by atoms with Gasteiger partial charge in [-0.1, -0.05) is 5.16 Å². The maximum absolute atomic E-state index is 13.3. The summed E-state index contributed by atoms with van der Waals surface area (Å²) < 4.78 is 33.0. The number of aryl methyl sites for hydroxylation is 2. The molecule has 9 nitrogen and oxygen atoms in total. The SMILES string of the molecule is Cc1nc(-c2cc(S(=O)(=O)N3CCC[C@H](C(=O)Nc4cccnc4)C3)c(C)s2)no1. The van der Waals surface area contributed by atoms with Gasteiger partial charge in [0.25, 0.3) is 0 Å². The molecular formula is C19H21N5O4S2. The second kappa shape index (κ2) is 8.25. The van der Waals surface area contributed by atoms with Crippen LogP contribution >= 0.6 is 11.3 Å². The first-order valence-electron chi connectivity index (χ1n) is 9.47. The van der Waals surface area contributed by atoms with E-state index in [1.807, 2.05) is 0 Å². The number of piperidine rings is 1. The molecule has 4 heterocycles. The summed E-state index contributed by atoms with van der Waals surface area (Å²) in [6.07, 6.45) is 4.43. The number of carbonyl (C=O) groups excluding carboxylic acids is 1. The van der Waals surface area contributed by atoms with Crippen LogP contribution in [0.25, 0.3) is 10.7 Å². The molecule has 3 aromatic heterocycles. The van der Waals surface area contributed by atoms with Crippen molar-refractivity contribution in [2.45, 2.75) is 31.6 Å². The minimum absolute atomic E-state index is 0.139. The van der Waals surface area contributed by atoms with Gasteiger partial charge in [0.2, 0.25) is 27.6 Å². The maximum atomic E-state index is 13.3. The normalized spacial score (nSPS) is 17.7. The number of aromatic nitrogens is 3. The zero-order valence-corrected chi connectivity index (χ0v) is 18.2. The van der Waals surface area contributed by atoms with E-state index >= 15 is 0 Å². The Kier molecular flexibility index (Phi) is 5.67. The molecule has 1 fully saturated rings. The third kappa shape index (κ3) is 4.13. The Balaban J connectivity index is 1.53. The number of pyridine rings is 1. The number of thiophene rings is 1. The quantitative estimate of drug-likeness (QED) is 0.639. The van der Waals surface area contributed by atoms with Crippen molar-refractivity contribution >= 4 is 33.0 Å². The number of carbonyl (C=O) groups is 1. The molecular weight excluding hydrogens is 426 g/mol. The van der Waals surface area contributed by atoms with Crippen molar-refractivity contribution in [1.82, 2.24) is 19.4 Å². The first kappa shape index (κ1) is 20.6. The number of sulfonamides is 1. The van der Waals surface area contributed by atoms with Crippen LogP contribution < -0.4 is 5.32 Å². The van der Waals surface area contributed by atoms with Gasteiger partial charge in [-0.15, -0.1) is 11.3 Å². The lowest BCUT2D eigenvalue weighted by Gasteiger charge is -2.31. The van der Waals surface area contributed by atoms with Crippen LogP contribution in [0.4, 0.5) is 5.69 Å². The van der Waals surface area contributed by atoms with Crippen LogP contribution in [0.2, 0.25) is 0 Å². The topological polar surface area (TPSA) is 118 Å². The monoisotopic (exact) mass is 447 g/mol. The second-order valence-electron chi connectivity index (χ2n) is 7.10. The lowest BCUT2D eigenvalue weighted by Crippen LogP contribution is -2.43. The van der Waals surface area contributed by atoms with Crippen molar-refractivity contribution in [3.05, 3.63) is 41.4 Å². The van der Waals surface area contributed by atoms with E-state index in [0.29, 0.717) is 46.5 Å². The average Bonchev–Trinajstić information content (AvgIpc) is 3.35. The van der Waals surface area contributed by atoms with Crippen LogP contribution in [-0.4, -0.2) is 46.8 Å². The predicted molar refractivity (Wildman–Crippen MR) is 111 cm³/mol. The maximum Gasteiger partial charge on any atom is 0.244 e. The van der Waals surface area contributed by atoms with E-state index < -0.39 is 15.9 Å². The van der Waals surface area contributed by atoms with E-state index in [4.69, 9.17) is 4.52 Å². The molecule has 30 heavy (non-hydrogen) atoms. The van der Waals surface area contributed by atoms with Crippen LogP contribution in [0.5, 0.6) is 0 Å². The Bertz CT molecular complexity index is 1160. The van der Waals surface area contributed by atoms with Gasteiger partial charge in [0.15, 0.2) is 0 Å². The fourth-order valence-corrected chi connectivity index (χ4v) is 6.44. The summed E-state index contributed by atoms with van der Waals surface area (Å²) in [5.74, 6) is 0.160. The van der Waals surface area contributed by atoms with Crippen LogP contribution in [-0.2, 0) is 14.8 Å². The van der Waals surface area contributed by atoms with E-state index in [0.717, 1.165) is 0 Å². The molecule has 0 bridgehead atoms. The van der Waals surface area contributed by atoms with Crippen molar-refractivity contribution in [1.29, 1.82) is 0 Å². The second-order valence-corrected chi connectivity index (χ2v) is 10.3. The van der Waals surface area contributed by atoms with E-state index in [1.165, 1.54) is 15.6 Å². The summed E-state index contributed by atoms with van der Waals surface area (Å²) in [6, 6.07) is 5.06. The number of hydrogen-bond acceptors (Lipinski definition) is 8. The summed E-state index contributed by atoms with van der Waals surface area (Å²) in [6.45, 7) is 3.95. The fraction of sp³-hybridized carbons (Fsp3) is 0.368. The molecule has 0 aromatic carbocycles. The van der Waals surface area contributed by atoms with Crippen molar-refractivity contribution in [2.75, 3.05) is 18.4 Å². The molecule has 1 aliphatic rings. The largest absolute Gasteiger partial charge is 0.339 e. The number of nitrogens with zero attached hydrogens (tertiary/aromatic N) is 4. The highest BCUT2D eigenvalue weighted by molar-refractivity contribution is 7.89. The number of amides is 1. The van der Waals surface area contributed by atoms with Crippen molar-refractivity contribution in [3.8, 4) is 10.7 Å². The summed E-state index contributed by atoms with van der Waals surface area (Å²) in [4.78, 5) is 22.3. The van der Waals surface area contributed by atoms with E-state index in [9.17, 15) is 13.2 Å². The molecule has 1 N–H and O–H groups in total. The molecule has 1 atom stereocenters. The molecule has 1 saturated heterocycles. The van der Waals surface area contributed by atoms with Gasteiger partial charge in [0, 0.05) is 31.1 Å². The molecule has 0 radical (unpaired) electrons. The summed E-state index contributed by atoms with van der Waals surface area (Å²) in [7, 11) is -3.75. The molecule has 0 unspecified atom stereocenters. The first-order valence-corrected chi connectivity index (χ1v) is 11.7. The van der Waals surface area contributed by atoms with E-state index in [1.54, 1.807) is 44.4 Å². The third-order valence-electron chi connectivity index (χ3n) is 4.92. The zero-order chi connectivity index (χ0) is 21.3. The first-order chi connectivity index (χ1) is 14.3. The summed E-state index contributed by atoms with van der Waals surface area (Å²) in [5, 5.41) is 6.68. The molecule has 4 rings (SSSR count). The molecule has 1 aliphatic heterocycles. The molecule has 0 saturated carbocycles. The van der Waals surface area contributed by atoms with Crippen molar-refractivity contribution in [3.63, 3.8) is 0 Å². The average molecular weight is 448 g/mol. The van der Waals surface area contributed by atoms with Gasteiger partial charge in [-0.2, -0.15) is 9.29 Å². The third-order valence-corrected chi connectivity index (χ3v) is 8.09. The minimum Gasteiger partial charge on any atom is -0.339 e. The highest BCUT2D eigenvalue weighted by Crippen LogP contribution is 2.35. The van der Waals surface area contributed by atoms with Gasteiger partial charge in [-0.05, 0) is 38.0 Å². The number of nitrogens with one attached hydrogen (secondary N) is 1. The van der Waals surface area contributed by atoms with Gasteiger partial charge >= 0.3 is 0 Å². The Labute approximate surface area is 178 Å². The molecule has 0 aliphatic carbocycles. The number of hydrogen-bond donors (Lipinski definition) is 1. The van der Waals surface area contributed by atoms with Crippen molar-refractivity contribution < 1.29 is 17.7 Å². The van der Waals surface area contributed by atoms with Crippen molar-refractivity contribution in [2.24, 2.45) is 5.92 Å². The van der Waals surface area contributed by atoms with Crippen LogP contribution in [0.1, 0.15) is 23.6 Å². The summed E-state index contributed by atoms with van der Waals surface area (Å²) >= 11 is 1.30. The Morgan fingerprint density at radius 1 is 1.37 bits per heavy atom. The molecule has 3 aromatic rings. The van der Waals surface area contributed by atoms with Gasteiger partial charge in [-0.25, -0.2) is 8.42 Å². The highest BCUT2D eigenvalue weighted by atomic mass is 32.2. The minimum atomic E-state index is -3.75. The standard InChI is InChI=1S/C19H21N5O4S2/c1-12-17(9-16(29-12)18-21-13(2)28-23-18)30(26,27)24-8-4-5-14(11-24)19(25)22-15-6-3-7-20-10-15/h3,6-7,9-10,14H,4-5,8,11H2,1-2H3,(H,22,25)/t14-/m0/s1. The molecule has 158 valence electrons. The molecule has 1 amide bonds. The van der Waals surface area contributed by atoms with E-state index in [-0.39, 0.29) is 17.3 Å². The fourth-order valence-electron chi connectivity index (χ4n) is 3.43. The Morgan fingerprint density at radius 3 is 2.90 bits per heavy atom. The number of anilines is 1. The van der Waals surface area contributed by atoms with Gasteiger partial charge in [0.1, 0.15) is 0 Å². The lowest BCUT2D eigenvalue weighted by molar-refractivity contribution is -0.120. The van der Waals surface area contributed by atoms with Gasteiger partial charge < -0.3 is 9.84 Å². The molecule has 0 spiro atoms. The predicted octanol–water partition coefficient (Wildman–Crippen LogP) is 2.85. The summed E-state index contributed by atoms with van der Waals surface area (Å²) in [5.41, 5.74) is 0.594. The van der Waals surface area contributed by atoms with Crippen LogP contribution in [0.15, 0.2) is 40.0 Å².